The minimum Gasteiger partial charge on any atom is -0.346 e. The lowest BCUT2D eigenvalue weighted by molar-refractivity contribution is -0.137. The number of rotatable bonds is 3. The van der Waals surface area contributed by atoms with Crippen LogP contribution in [-0.2, 0) is 6.18 Å². The zero-order valence-electron chi connectivity index (χ0n) is 15.0. The van der Waals surface area contributed by atoms with E-state index in [1.54, 1.807) is 0 Å². The zero-order chi connectivity index (χ0) is 20.8. The molecule has 1 aliphatic carbocycles. The number of carbonyl (C=O) groups excluding carboxylic acids is 1. The Hall–Kier alpha value is -2.17. The molecule has 0 aliphatic heterocycles. The maximum atomic E-state index is 12.9. The van der Waals surface area contributed by atoms with E-state index >= 15 is 0 Å². The fraction of sp³-hybridized carbons (Fsp3) is 0.389. The molecule has 4 rings (SSSR count). The number of nitrogens with two attached hydrogens (primary N) is 1. The highest BCUT2D eigenvalue weighted by atomic mass is 35.5. The molecule has 0 radical (unpaired) electrons. The summed E-state index contributed by atoms with van der Waals surface area (Å²) in [5, 5.41) is 7.06. The molecule has 3 heterocycles. The summed E-state index contributed by atoms with van der Waals surface area (Å²) in [5.41, 5.74) is 6.43. The maximum Gasteiger partial charge on any atom is 0.417 e. The smallest absolute Gasteiger partial charge is 0.346 e. The van der Waals surface area contributed by atoms with Crippen LogP contribution in [0.3, 0.4) is 0 Å². The number of fused-ring (bicyclic) bond motifs is 1. The molecule has 0 spiro atoms. The molecular formula is C18H17ClF3N5OS. The van der Waals surface area contributed by atoms with Crippen LogP contribution >= 0.6 is 22.9 Å². The van der Waals surface area contributed by atoms with Gasteiger partial charge in [-0.15, -0.1) is 0 Å². The first kappa shape index (κ1) is 20.1. The van der Waals surface area contributed by atoms with Crippen LogP contribution in [0, 0.1) is 0 Å². The highest BCUT2D eigenvalue weighted by molar-refractivity contribution is 7.18. The van der Waals surface area contributed by atoms with Crippen LogP contribution in [0.1, 0.15) is 41.0 Å². The number of alkyl halides is 3. The van der Waals surface area contributed by atoms with Crippen molar-refractivity contribution in [2.75, 3.05) is 0 Å². The molecule has 1 aliphatic rings. The molecule has 0 aromatic carbocycles. The quantitative estimate of drug-likeness (QED) is 0.637. The fourth-order valence-electron chi connectivity index (χ4n) is 3.47. The molecular weight excluding hydrogens is 427 g/mol. The molecule has 1 amide bonds. The van der Waals surface area contributed by atoms with Crippen LogP contribution in [0.15, 0.2) is 24.5 Å². The predicted octanol–water partition coefficient (Wildman–Crippen LogP) is 4.13. The first-order valence-corrected chi connectivity index (χ1v) is 10.2. The SMILES string of the molecule is N[C@H]1CCCC[C@@H]1NC(=O)c1nc(-c2cnn3cc(C(F)(F)F)ccc23)c(Cl)s1. The van der Waals surface area contributed by atoms with Gasteiger partial charge in [-0.1, -0.05) is 35.8 Å². The number of pyridine rings is 1. The van der Waals surface area contributed by atoms with E-state index in [1.807, 2.05) is 0 Å². The third-order valence-corrected chi connectivity index (χ3v) is 6.27. The average Bonchev–Trinajstić information content (AvgIpc) is 3.25. The molecule has 154 valence electrons. The predicted molar refractivity (Wildman–Crippen MR) is 104 cm³/mol. The van der Waals surface area contributed by atoms with E-state index in [0.717, 1.165) is 53.8 Å². The van der Waals surface area contributed by atoms with Crippen molar-refractivity contribution in [3.8, 4) is 11.3 Å². The van der Waals surface area contributed by atoms with Gasteiger partial charge in [0, 0.05) is 23.8 Å². The van der Waals surface area contributed by atoms with Crippen molar-refractivity contribution >= 4 is 34.4 Å². The summed E-state index contributed by atoms with van der Waals surface area (Å²) < 4.78 is 40.1. The molecule has 3 N–H and O–H groups in total. The maximum absolute atomic E-state index is 12.9. The van der Waals surface area contributed by atoms with E-state index in [-0.39, 0.29) is 27.3 Å². The Labute approximate surface area is 172 Å². The Balaban J connectivity index is 1.62. The number of amides is 1. The number of carbonyl (C=O) groups is 1. The third-order valence-electron chi connectivity index (χ3n) is 5.01. The molecule has 1 saturated carbocycles. The molecule has 3 aromatic heterocycles. The number of aromatic nitrogens is 3. The summed E-state index contributed by atoms with van der Waals surface area (Å²) >= 11 is 7.30. The van der Waals surface area contributed by atoms with Crippen molar-refractivity contribution < 1.29 is 18.0 Å². The Morgan fingerprint density at radius 1 is 1.31 bits per heavy atom. The number of nitrogens with one attached hydrogen (secondary N) is 1. The van der Waals surface area contributed by atoms with Gasteiger partial charge >= 0.3 is 6.18 Å². The highest BCUT2D eigenvalue weighted by Crippen LogP contribution is 2.36. The Morgan fingerprint density at radius 2 is 2.07 bits per heavy atom. The van der Waals surface area contributed by atoms with Gasteiger partial charge in [-0.3, -0.25) is 4.79 Å². The summed E-state index contributed by atoms with van der Waals surface area (Å²) in [4.78, 5) is 16.9. The third kappa shape index (κ3) is 3.96. The molecule has 29 heavy (non-hydrogen) atoms. The van der Waals surface area contributed by atoms with Gasteiger partial charge in [0.15, 0.2) is 5.01 Å². The minimum atomic E-state index is -4.47. The Bertz CT molecular complexity index is 1060. The molecule has 6 nitrogen and oxygen atoms in total. The summed E-state index contributed by atoms with van der Waals surface area (Å²) in [7, 11) is 0. The van der Waals surface area contributed by atoms with E-state index in [9.17, 15) is 18.0 Å². The number of hydrogen-bond acceptors (Lipinski definition) is 5. The second-order valence-electron chi connectivity index (χ2n) is 6.97. The van der Waals surface area contributed by atoms with E-state index in [1.165, 1.54) is 12.3 Å². The lowest BCUT2D eigenvalue weighted by Gasteiger charge is -2.28. The summed E-state index contributed by atoms with van der Waals surface area (Å²) in [5.74, 6) is -0.360. The van der Waals surface area contributed by atoms with E-state index in [0.29, 0.717) is 16.8 Å². The normalized spacial score (nSPS) is 20.2. The molecule has 0 saturated heterocycles. The number of nitrogens with zero attached hydrogens (tertiary/aromatic N) is 3. The summed E-state index contributed by atoms with van der Waals surface area (Å²) in [6, 6.07) is 2.07. The fourth-order valence-corrected chi connectivity index (χ4v) is 4.54. The number of thiazole rings is 1. The molecule has 1 fully saturated rings. The van der Waals surface area contributed by atoms with Crippen molar-refractivity contribution in [3.63, 3.8) is 0 Å². The molecule has 11 heteroatoms. The van der Waals surface area contributed by atoms with Crippen LogP contribution in [0.2, 0.25) is 4.34 Å². The lowest BCUT2D eigenvalue weighted by Crippen LogP contribution is -2.49. The van der Waals surface area contributed by atoms with Crippen molar-refractivity contribution in [3.05, 3.63) is 39.4 Å². The standard InChI is InChI=1S/C18H17ClF3N5OS/c19-15-14(10-7-24-27-8-9(18(20,21)22)5-6-13(10)27)26-17(29-15)16(28)25-12-4-2-1-3-11(12)23/h5-8,11-12H,1-4,23H2,(H,25,28)/t11-,12-/m0/s1. The van der Waals surface area contributed by atoms with Gasteiger partial charge in [0.1, 0.15) is 10.0 Å². The number of hydrogen-bond donors (Lipinski definition) is 2. The van der Waals surface area contributed by atoms with Crippen LogP contribution in [0.25, 0.3) is 16.8 Å². The van der Waals surface area contributed by atoms with Crippen LogP contribution in [-0.4, -0.2) is 32.6 Å². The Morgan fingerprint density at radius 3 is 2.79 bits per heavy atom. The topological polar surface area (TPSA) is 85.3 Å². The van der Waals surface area contributed by atoms with Gasteiger partial charge in [0.2, 0.25) is 0 Å². The van der Waals surface area contributed by atoms with Crippen molar-refractivity contribution in [2.24, 2.45) is 5.73 Å². The first-order chi connectivity index (χ1) is 13.7. The minimum absolute atomic E-state index is 0.0925. The summed E-state index contributed by atoms with van der Waals surface area (Å²) in [6.07, 6.45) is 1.54. The second-order valence-corrected chi connectivity index (χ2v) is 8.57. The van der Waals surface area contributed by atoms with Crippen molar-refractivity contribution in [1.82, 2.24) is 19.9 Å². The lowest BCUT2D eigenvalue weighted by atomic mass is 9.91. The molecule has 0 bridgehead atoms. The van der Waals surface area contributed by atoms with Crippen molar-refractivity contribution in [1.29, 1.82) is 0 Å². The van der Waals surface area contributed by atoms with Crippen LogP contribution in [0.5, 0.6) is 0 Å². The molecule has 0 unspecified atom stereocenters. The van der Waals surface area contributed by atoms with E-state index in [4.69, 9.17) is 17.3 Å². The van der Waals surface area contributed by atoms with E-state index < -0.39 is 11.7 Å². The second kappa shape index (κ2) is 7.58. The summed E-state index contributed by atoms with van der Waals surface area (Å²) in [6.45, 7) is 0. The van der Waals surface area contributed by atoms with Crippen LogP contribution in [0.4, 0.5) is 13.2 Å². The average molecular weight is 444 g/mol. The van der Waals surface area contributed by atoms with Gasteiger partial charge in [0.25, 0.3) is 5.91 Å². The van der Waals surface area contributed by atoms with Gasteiger partial charge in [-0.2, -0.15) is 18.3 Å². The Kier molecular flexibility index (Phi) is 5.26. The molecule has 2 atom stereocenters. The largest absolute Gasteiger partial charge is 0.417 e. The van der Waals surface area contributed by atoms with Gasteiger partial charge < -0.3 is 11.1 Å². The first-order valence-electron chi connectivity index (χ1n) is 9.02. The van der Waals surface area contributed by atoms with Gasteiger partial charge in [-0.05, 0) is 25.0 Å². The monoisotopic (exact) mass is 443 g/mol. The van der Waals surface area contributed by atoms with Crippen LogP contribution < -0.4 is 11.1 Å². The highest BCUT2D eigenvalue weighted by Gasteiger charge is 2.31. The van der Waals surface area contributed by atoms with Gasteiger partial charge in [-0.25, -0.2) is 9.50 Å². The number of halogens is 4. The van der Waals surface area contributed by atoms with E-state index in [2.05, 4.69) is 15.4 Å². The van der Waals surface area contributed by atoms with Crippen molar-refractivity contribution in [2.45, 2.75) is 43.9 Å². The molecule has 3 aromatic rings. The van der Waals surface area contributed by atoms with Gasteiger partial charge in [0.05, 0.1) is 17.3 Å². The zero-order valence-corrected chi connectivity index (χ0v) is 16.6.